The second-order valence-corrected chi connectivity index (χ2v) is 3.31. The normalized spacial score (nSPS) is 9.21. The van der Waals surface area contributed by atoms with Gasteiger partial charge in [-0.15, -0.1) is 0 Å². The standard InChI is InChI=1S/C9H6BrNO3/c1-14-9(13)5-2-7(10)6(4-11)8(12)3-5/h2-3,12H,1H3. The molecule has 0 heterocycles. The summed E-state index contributed by atoms with van der Waals surface area (Å²) in [4.78, 5) is 11.1. The molecule has 0 radical (unpaired) electrons. The predicted octanol–water partition coefficient (Wildman–Crippen LogP) is 1.81. The first kappa shape index (κ1) is 10.5. The lowest BCUT2D eigenvalue weighted by atomic mass is 10.1. The number of esters is 1. The summed E-state index contributed by atoms with van der Waals surface area (Å²) in [6.07, 6.45) is 0. The average molecular weight is 256 g/mol. The number of rotatable bonds is 1. The molecule has 0 saturated carbocycles. The zero-order valence-corrected chi connectivity index (χ0v) is 8.83. The maximum atomic E-state index is 11.1. The van der Waals surface area contributed by atoms with Crippen molar-refractivity contribution in [2.45, 2.75) is 0 Å². The van der Waals surface area contributed by atoms with Gasteiger partial charge in [-0.3, -0.25) is 0 Å². The Labute approximate surface area is 88.9 Å². The Balaban J connectivity index is 3.29. The SMILES string of the molecule is COC(=O)c1cc(O)c(C#N)c(Br)c1. The van der Waals surface area contributed by atoms with E-state index < -0.39 is 5.97 Å². The Hall–Kier alpha value is -1.54. The maximum Gasteiger partial charge on any atom is 0.338 e. The Morgan fingerprint density at radius 1 is 1.64 bits per heavy atom. The Kier molecular flexibility index (Phi) is 3.10. The van der Waals surface area contributed by atoms with Gasteiger partial charge in [0.25, 0.3) is 0 Å². The van der Waals surface area contributed by atoms with Gasteiger partial charge < -0.3 is 9.84 Å². The molecule has 1 aromatic rings. The van der Waals surface area contributed by atoms with Crippen LogP contribution in [0.1, 0.15) is 15.9 Å². The van der Waals surface area contributed by atoms with Crippen LogP contribution in [-0.2, 0) is 4.74 Å². The van der Waals surface area contributed by atoms with Gasteiger partial charge in [0.2, 0.25) is 0 Å². The number of nitrogens with zero attached hydrogens (tertiary/aromatic N) is 1. The van der Waals surface area contributed by atoms with E-state index in [1.807, 2.05) is 0 Å². The molecule has 0 unspecified atom stereocenters. The molecule has 0 aliphatic rings. The molecule has 1 aromatic carbocycles. The van der Waals surface area contributed by atoms with Crippen LogP contribution in [0.15, 0.2) is 16.6 Å². The molecule has 0 aromatic heterocycles. The van der Waals surface area contributed by atoms with Crippen LogP contribution in [0.2, 0.25) is 0 Å². The lowest BCUT2D eigenvalue weighted by Gasteiger charge is -2.03. The Morgan fingerprint density at radius 3 is 2.71 bits per heavy atom. The van der Waals surface area contributed by atoms with Gasteiger partial charge in [-0.1, -0.05) is 0 Å². The highest BCUT2D eigenvalue weighted by atomic mass is 79.9. The van der Waals surface area contributed by atoms with Gasteiger partial charge in [-0.25, -0.2) is 4.79 Å². The summed E-state index contributed by atoms with van der Waals surface area (Å²) in [5.74, 6) is -0.812. The van der Waals surface area contributed by atoms with E-state index in [0.29, 0.717) is 4.47 Å². The van der Waals surface area contributed by atoms with E-state index in [-0.39, 0.29) is 16.9 Å². The number of benzene rings is 1. The smallest absolute Gasteiger partial charge is 0.338 e. The topological polar surface area (TPSA) is 70.3 Å². The third kappa shape index (κ3) is 1.86. The van der Waals surface area contributed by atoms with Crippen LogP contribution >= 0.6 is 15.9 Å². The lowest BCUT2D eigenvalue weighted by Crippen LogP contribution is -2.01. The van der Waals surface area contributed by atoms with Crippen LogP contribution in [-0.4, -0.2) is 18.2 Å². The molecule has 0 aliphatic heterocycles. The molecular formula is C9H6BrNO3. The van der Waals surface area contributed by atoms with Crippen molar-refractivity contribution < 1.29 is 14.6 Å². The predicted molar refractivity (Wildman–Crippen MR) is 51.9 cm³/mol. The first-order valence-electron chi connectivity index (χ1n) is 3.61. The van der Waals surface area contributed by atoms with Crippen LogP contribution in [0.25, 0.3) is 0 Å². The van der Waals surface area contributed by atoms with E-state index in [4.69, 9.17) is 5.26 Å². The van der Waals surface area contributed by atoms with Crippen molar-refractivity contribution in [3.8, 4) is 11.8 Å². The van der Waals surface area contributed by atoms with Gasteiger partial charge >= 0.3 is 5.97 Å². The third-order valence-electron chi connectivity index (χ3n) is 1.60. The Morgan fingerprint density at radius 2 is 2.29 bits per heavy atom. The van der Waals surface area contributed by atoms with E-state index in [2.05, 4.69) is 20.7 Å². The molecule has 1 N–H and O–H groups in total. The minimum absolute atomic E-state index is 0.0950. The Bertz CT molecular complexity index is 400. The number of methoxy groups -OCH3 is 1. The summed E-state index contributed by atoms with van der Waals surface area (Å²) in [5, 5.41) is 18.0. The van der Waals surface area contributed by atoms with Gasteiger partial charge in [0.05, 0.1) is 12.7 Å². The molecule has 5 heteroatoms. The van der Waals surface area contributed by atoms with Crippen molar-refractivity contribution >= 4 is 21.9 Å². The number of aromatic hydroxyl groups is 1. The highest BCUT2D eigenvalue weighted by Gasteiger charge is 2.12. The minimum Gasteiger partial charge on any atom is -0.506 e. The summed E-state index contributed by atoms with van der Waals surface area (Å²) in [6, 6.07) is 4.41. The van der Waals surface area contributed by atoms with E-state index in [0.717, 1.165) is 0 Å². The van der Waals surface area contributed by atoms with Crippen molar-refractivity contribution in [1.29, 1.82) is 5.26 Å². The second kappa shape index (κ2) is 4.11. The molecular weight excluding hydrogens is 250 g/mol. The van der Waals surface area contributed by atoms with E-state index in [1.165, 1.54) is 19.2 Å². The van der Waals surface area contributed by atoms with Crippen molar-refractivity contribution in [1.82, 2.24) is 0 Å². The highest BCUT2D eigenvalue weighted by molar-refractivity contribution is 9.10. The number of hydrogen-bond donors (Lipinski definition) is 1. The lowest BCUT2D eigenvalue weighted by molar-refractivity contribution is 0.0600. The average Bonchev–Trinajstić information content (AvgIpc) is 2.16. The van der Waals surface area contributed by atoms with Crippen LogP contribution in [0, 0.1) is 11.3 Å². The number of carbonyl (C=O) groups is 1. The highest BCUT2D eigenvalue weighted by Crippen LogP contribution is 2.27. The monoisotopic (exact) mass is 255 g/mol. The number of halogens is 1. The van der Waals surface area contributed by atoms with Gasteiger partial charge in [-0.05, 0) is 28.1 Å². The molecule has 0 spiro atoms. The van der Waals surface area contributed by atoms with E-state index >= 15 is 0 Å². The fraction of sp³-hybridized carbons (Fsp3) is 0.111. The molecule has 0 saturated heterocycles. The molecule has 0 atom stereocenters. The second-order valence-electron chi connectivity index (χ2n) is 2.46. The van der Waals surface area contributed by atoms with Crippen LogP contribution in [0.5, 0.6) is 5.75 Å². The largest absolute Gasteiger partial charge is 0.506 e. The number of nitriles is 1. The number of phenols is 1. The fourth-order valence-electron chi connectivity index (χ4n) is 0.939. The van der Waals surface area contributed by atoms with Gasteiger partial charge in [0.1, 0.15) is 17.4 Å². The minimum atomic E-state index is -0.564. The van der Waals surface area contributed by atoms with Gasteiger partial charge in [0, 0.05) is 4.47 Å². The van der Waals surface area contributed by atoms with Crippen molar-refractivity contribution in [3.05, 3.63) is 27.7 Å². The summed E-state index contributed by atoms with van der Waals surface area (Å²) in [5.41, 5.74) is 0.286. The number of ether oxygens (including phenoxy) is 1. The first-order valence-corrected chi connectivity index (χ1v) is 4.40. The van der Waals surface area contributed by atoms with E-state index in [1.54, 1.807) is 6.07 Å². The van der Waals surface area contributed by atoms with Crippen molar-refractivity contribution in [3.63, 3.8) is 0 Å². The molecule has 14 heavy (non-hydrogen) atoms. The van der Waals surface area contributed by atoms with Crippen molar-refractivity contribution in [2.75, 3.05) is 7.11 Å². The van der Waals surface area contributed by atoms with Gasteiger partial charge in [-0.2, -0.15) is 5.26 Å². The van der Waals surface area contributed by atoms with Crippen LogP contribution in [0.4, 0.5) is 0 Å². The van der Waals surface area contributed by atoms with Crippen LogP contribution in [0.3, 0.4) is 0 Å². The third-order valence-corrected chi connectivity index (χ3v) is 2.23. The quantitative estimate of drug-likeness (QED) is 0.778. The van der Waals surface area contributed by atoms with Crippen LogP contribution < -0.4 is 0 Å². The molecule has 1 rings (SSSR count). The summed E-state index contributed by atoms with van der Waals surface area (Å²) >= 11 is 3.07. The molecule has 0 fully saturated rings. The molecule has 4 nitrogen and oxygen atoms in total. The molecule has 0 bridgehead atoms. The summed E-state index contributed by atoms with van der Waals surface area (Å²) < 4.78 is 4.83. The zero-order chi connectivity index (χ0) is 10.7. The maximum absolute atomic E-state index is 11.1. The van der Waals surface area contributed by atoms with Gasteiger partial charge in [0.15, 0.2) is 0 Å². The molecule has 0 aliphatic carbocycles. The summed E-state index contributed by atoms with van der Waals surface area (Å²) in [7, 11) is 1.24. The number of carbonyl (C=O) groups excluding carboxylic acids is 1. The van der Waals surface area contributed by atoms with Crippen molar-refractivity contribution in [2.24, 2.45) is 0 Å². The first-order chi connectivity index (χ1) is 6.60. The zero-order valence-electron chi connectivity index (χ0n) is 7.24. The van der Waals surface area contributed by atoms with E-state index in [9.17, 15) is 9.90 Å². The molecule has 72 valence electrons. The number of phenolic OH excluding ortho intramolecular Hbond substituents is 1. The fourth-order valence-corrected chi connectivity index (χ4v) is 1.48. The molecule has 0 amide bonds. The summed E-state index contributed by atoms with van der Waals surface area (Å²) in [6.45, 7) is 0. The number of hydrogen-bond acceptors (Lipinski definition) is 4.